The highest BCUT2D eigenvalue weighted by Gasteiger charge is 2.23. The third-order valence-corrected chi connectivity index (χ3v) is 9.48. The average molecular weight is 559 g/mol. The molecule has 204 valence electrons. The molecule has 10 rings (SSSR count). The third kappa shape index (κ3) is 3.09. The maximum atomic E-state index is 3.81. The Morgan fingerprint density at radius 1 is 0.364 bits per heavy atom. The molecule has 2 nitrogen and oxygen atoms in total. The highest BCUT2D eigenvalue weighted by molar-refractivity contribution is 6.45. The van der Waals surface area contributed by atoms with Crippen LogP contribution in [-0.4, -0.2) is 9.55 Å². The molecule has 0 atom stereocenters. The molecule has 2 heterocycles. The topological polar surface area (TPSA) is 20.7 Å². The van der Waals surface area contributed by atoms with Crippen LogP contribution in [0.5, 0.6) is 0 Å². The summed E-state index contributed by atoms with van der Waals surface area (Å²) in [6, 6.07) is 55.2. The maximum absolute atomic E-state index is 3.81. The second kappa shape index (κ2) is 8.82. The van der Waals surface area contributed by atoms with E-state index in [1.165, 1.54) is 87.1 Å². The fraction of sp³-hybridized carbons (Fsp3) is 0. The van der Waals surface area contributed by atoms with Crippen LogP contribution in [0.3, 0.4) is 0 Å². The lowest BCUT2D eigenvalue weighted by atomic mass is 9.89. The monoisotopic (exact) mass is 558 g/mol. The second-order valence-corrected chi connectivity index (χ2v) is 11.8. The first-order valence-corrected chi connectivity index (χ1v) is 15.2. The highest BCUT2D eigenvalue weighted by atomic mass is 15.0. The van der Waals surface area contributed by atoms with Crippen molar-refractivity contribution in [2.45, 2.75) is 0 Å². The molecule has 0 saturated heterocycles. The van der Waals surface area contributed by atoms with E-state index < -0.39 is 0 Å². The zero-order valence-corrected chi connectivity index (χ0v) is 23.9. The summed E-state index contributed by atoms with van der Waals surface area (Å²) >= 11 is 0. The van der Waals surface area contributed by atoms with E-state index in [1.807, 2.05) is 0 Å². The molecular weight excluding hydrogens is 532 g/mol. The average Bonchev–Trinajstić information content (AvgIpc) is 3.66. The molecule has 44 heavy (non-hydrogen) atoms. The van der Waals surface area contributed by atoms with Gasteiger partial charge >= 0.3 is 0 Å². The molecule has 0 radical (unpaired) electrons. The van der Waals surface area contributed by atoms with Gasteiger partial charge < -0.3 is 9.55 Å². The Labute approximate surface area is 253 Å². The third-order valence-electron chi connectivity index (χ3n) is 9.48. The van der Waals surface area contributed by atoms with E-state index in [0.29, 0.717) is 0 Å². The smallest absolute Gasteiger partial charge is 0.0626 e. The predicted molar refractivity (Wildman–Crippen MR) is 188 cm³/mol. The van der Waals surface area contributed by atoms with Gasteiger partial charge in [0.05, 0.1) is 16.6 Å². The number of aromatic amines is 1. The van der Waals surface area contributed by atoms with Gasteiger partial charge in [0.25, 0.3) is 0 Å². The van der Waals surface area contributed by atoms with Gasteiger partial charge in [0, 0.05) is 54.3 Å². The largest absolute Gasteiger partial charge is 0.354 e. The number of nitrogens with one attached hydrogen (secondary N) is 1. The number of nitrogens with zero attached hydrogens (tertiary/aromatic N) is 1. The normalized spacial score (nSPS) is 12.1. The van der Waals surface area contributed by atoms with Crippen LogP contribution in [0.1, 0.15) is 0 Å². The van der Waals surface area contributed by atoms with Crippen molar-refractivity contribution in [3.8, 4) is 16.8 Å². The van der Waals surface area contributed by atoms with Crippen molar-refractivity contribution in [3.63, 3.8) is 0 Å². The molecule has 8 aromatic carbocycles. The van der Waals surface area contributed by atoms with Crippen molar-refractivity contribution in [2.75, 3.05) is 0 Å². The van der Waals surface area contributed by atoms with Crippen LogP contribution < -0.4 is 0 Å². The minimum atomic E-state index is 1.16. The lowest BCUT2D eigenvalue weighted by molar-refractivity contribution is 1.19. The van der Waals surface area contributed by atoms with E-state index in [-0.39, 0.29) is 0 Å². The molecule has 0 aliphatic rings. The molecule has 2 aromatic heterocycles. The van der Waals surface area contributed by atoms with Crippen molar-refractivity contribution in [1.29, 1.82) is 0 Å². The fourth-order valence-electron chi connectivity index (χ4n) is 7.67. The summed E-state index contributed by atoms with van der Waals surface area (Å²) in [6.07, 6.45) is 0. The number of aromatic nitrogens is 2. The van der Waals surface area contributed by atoms with Crippen LogP contribution in [0.25, 0.3) is 92.7 Å². The molecular formula is C42H26N2. The van der Waals surface area contributed by atoms with Crippen molar-refractivity contribution in [2.24, 2.45) is 0 Å². The first-order valence-electron chi connectivity index (χ1n) is 15.2. The van der Waals surface area contributed by atoms with E-state index in [0.717, 1.165) is 5.69 Å². The van der Waals surface area contributed by atoms with Gasteiger partial charge in [-0.15, -0.1) is 0 Å². The minimum Gasteiger partial charge on any atom is -0.354 e. The Kier molecular flexibility index (Phi) is 4.75. The number of para-hydroxylation sites is 2. The Balaban J connectivity index is 1.46. The van der Waals surface area contributed by atoms with Crippen LogP contribution in [0.2, 0.25) is 0 Å². The highest BCUT2D eigenvalue weighted by Crippen LogP contribution is 2.49. The summed E-state index contributed by atoms with van der Waals surface area (Å²) in [4.78, 5) is 3.81. The van der Waals surface area contributed by atoms with Crippen molar-refractivity contribution in [3.05, 3.63) is 152 Å². The van der Waals surface area contributed by atoms with E-state index in [4.69, 9.17) is 0 Å². The van der Waals surface area contributed by atoms with Gasteiger partial charge in [-0.3, -0.25) is 0 Å². The van der Waals surface area contributed by atoms with Crippen molar-refractivity contribution < 1.29 is 0 Å². The van der Waals surface area contributed by atoms with E-state index >= 15 is 0 Å². The van der Waals surface area contributed by atoms with Crippen LogP contribution in [0.15, 0.2) is 152 Å². The molecule has 2 heteroatoms. The summed E-state index contributed by atoms with van der Waals surface area (Å²) in [5.41, 5.74) is 8.47. The summed E-state index contributed by atoms with van der Waals surface area (Å²) in [5.74, 6) is 0. The van der Waals surface area contributed by atoms with Crippen LogP contribution in [0, 0.1) is 0 Å². The number of fused-ring (bicyclic) bond motifs is 15. The molecule has 0 spiro atoms. The zero-order valence-electron chi connectivity index (χ0n) is 23.9. The fourth-order valence-corrected chi connectivity index (χ4v) is 7.67. The van der Waals surface area contributed by atoms with Gasteiger partial charge in [0.15, 0.2) is 0 Å². The Hall–Kier alpha value is -5.86. The first kappa shape index (κ1) is 23.7. The van der Waals surface area contributed by atoms with E-state index in [9.17, 15) is 0 Å². The SMILES string of the molecule is c1ccc(-c2ccc(-n3c4ccccc4c4c5c6ccccc6c6[nH]c7ccccc7c6c5c5ccccc5c43)cc2)cc1. The van der Waals surface area contributed by atoms with Gasteiger partial charge in [-0.2, -0.15) is 0 Å². The summed E-state index contributed by atoms with van der Waals surface area (Å²) < 4.78 is 2.48. The molecule has 0 fully saturated rings. The zero-order chi connectivity index (χ0) is 28.8. The molecule has 0 unspecified atom stereocenters. The Bertz CT molecular complexity index is 2740. The number of rotatable bonds is 2. The lowest BCUT2D eigenvalue weighted by Gasteiger charge is -2.15. The number of benzene rings is 8. The molecule has 0 saturated carbocycles. The van der Waals surface area contributed by atoms with Crippen LogP contribution in [-0.2, 0) is 0 Å². The quantitative estimate of drug-likeness (QED) is 0.204. The van der Waals surface area contributed by atoms with Crippen LogP contribution >= 0.6 is 0 Å². The molecule has 0 amide bonds. The summed E-state index contributed by atoms with van der Waals surface area (Å²) in [7, 11) is 0. The Morgan fingerprint density at radius 2 is 0.909 bits per heavy atom. The number of hydrogen-bond donors (Lipinski definition) is 1. The van der Waals surface area contributed by atoms with Crippen molar-refractivity contribution in [1.82, 2.24) is 9.55 Å². The van der Waals surface area contributed by atoms with Crippen LogP contribution in [0.4, 0.5) is 0 Å². The van der Waals surface area contributed by atoms with Gasteiger partial charge in [0.1, 0.15) is 0 Å². The molecule has 0 aliphatic carbocycles. The molecule has 0 bridgehead atoms. The molecule has 1 N–H and O–H groups in total. The second-order valence-electron chi connectivity index (χ2n) is 11.8. The van der Waals surface area contributed by atoms with E-state index in [2.05, 4.69) is 161 Å². The van der Waals surface area contributed by atoms with Crippen molar-refractivity contribution >= 4 is 75.9 Å². The molecule has 10 aromatic rings. The van der Waals surface area contributed by atoms with Gasteiger partial charge in [-0.25, -0.2) is 0 Å². The van der Waals surface area contributed by atoms with E-state index in [1.54, 1.807) is 0 Å². The summed E-state index contributed by atoms with van der Waals surface area (Å²) in [6.45, 7) is 0. The number of hydrogen-bond acceptors (Lipinski definition) is 0. The van der Waals surface area contributed by atoms with Gasteiger partial charge in [-0.1, -0.05) is 127 Å². The predicted octanol–water partition coefficient (Wildman–Crippen LogP) is 11.5. The standard InChI is InChI=1S/C42H26N2/c1-2-12-26(13-3-1)27-22-24-28(25-23-27)44-36-21-11-9-19-34(36)40-38-29-14-4-6-16-31(29)41-39(33-18-8-10-20-35(33)43-41)37(38)30-15-5-7-17-32(30)42(40)44/h1-25,43H. The van der Waals surface area contributed by atoms with Gasteiger partial charge in [0.2, 0.25) is 0 Å². The maximum Gasteiger partial charge on any atom is 0.0626 e. The first-order chi connectivity index (χ1) is 21.9. The summed E-state index contributed by atoms with van der Waals surface area (Å²) in [5, 5.41) is 12.9. The van der Waals surface area contributed by atoms with Gasteiger partial charge in [-0.05, 0) is 46.2 Å². The minimum absolute atomic E-state index is 1.16. The Morgan fingerprint density at radius 3 is 1.68 bits per heavy atom. The number of H-pyrrole nitrogens is 1. The lowest BCUT2D eigenvalue weighted by Crippen LogP contribution is -1.95. The molecule has 0 aliphatic heterocycles.